The Morgan fingerprint density at radius 1 is 1.07 bits per heavy atom. The van der Waals surface area contributed by atoms with Crippen molar-refractivity contribution in [2.75, 3.05) is 7.05 Å². The van der Waals surface area contributed by atoms with Gasteiger partial charge in [0.2, 0.25) is 5.91 Å². The van der Waals surface area contributed by atoms with Gasteiger partial charge in [0.25, 0.3) is 5.91 Å². The Kier molecular flexibility index (Phi) is 6.21. The van der Waals surface area contributed by atoms with E-state index in [1.54, 1.807) is 7.05 Å². The molecule has 144 valence electrons. The van der Waals surface area contributed by atoms with Crippen molar-refractivity contribution in [3.8, 4) is 10.4 Å². The summed E-state index contributed by atoms with van der Waals surface area (Å²) in [4.78, 5) is 31.9. The van der Waals surface area contributed by atoms with E-state index in [1.165, 1.54) is 16.2 Å². The molecule has 2 N–H and O–H groups in total. The van der Waals surface area contributed by atoms with E-state index in [4.69, 9.17) is 5.73 Å². The minimum Gasteiger partial charge on any atom is -0.368 e. The number of primary amides is 1. The molecule has 0 aliphatic carbocycles. The van der Waals surface area contributed by atoms with E-state index in [1.807, 2.05) is 67.6 Å². The first-order valence-corrected chi connectivity index (χ1v) is 9.92. The maximum Gasteiger partial charge on any atom is 0.274 e. The van der Waals surface area contributed by atoms with Crippen molar-refractivity contribution >= 4 is 23.2 Å². The number of nitrogens with two attached hydrogens (primary N) is 1. The average molecular weight is 394 g/mol. The lowest BCUT2D eigenvalue weighted by Gasteiger charge is -2.25. The Morgan fingerprint density at radius 2 is 1.68 bits per heavy atom. The summed E-state index contributed by atoms with van der Waals surface area (Å²) in [6.45, 7) is 1.87. The number of carbonyl (C=O) groups is 2. The van der Waals surface area contributed by atoms with Crippen LogP contribution in [0.2, 0.25) is 0 Å². The molecule has 0 spiro atoms. The molecular formula is C22H23N3O2S. The Hall–Kier alpha value is -2.99. The first-order valence-electron chi connectivity index (χ1n) is 9.10. The highest BCUT2D eigenvalue weighted by atomic mass is 32.1. The average Bonchev–Trinajstić information content (AvgIpc) is 3.10. The Bertz CT molecular complexity index is 954. The smallest absolute Gasteiger partial charge is 0.274 e. The van der Waals surface area contributed by atoms with Gasteiger partial charge in [-0.05, 0) is 30.9 Å². The van der Waals surface area contributed by atoms with E-state index in [-0.39, 0.29) is 5.91 Å². The molecule has 0 saturated carbocycles. The second-order valence-corrected chi connectivity index (χ2v) is 7.84. The molecule has 0 unspecified atom stereocenters. The number of benzene rings is 2. The first kappa shape index (κ1) is 19.8. The van der Waals surface area contributed by atoms with E-state index in [2.05, 4.69) is 4.98 Å². The maximum atomic E-state index is 13.2. The van der Waals surface area contributed by atoms with Gasteiger partial charge >= 0.3 is 0 Å². The second-order valence-electron chi connectivity index (χ2n) is 6.64. The molecule has 1 aromatic heterocycles. The van der Waals surface area contributed by atoms with Crippen molar-refractivity contribution in [2.24, 2.45) is 5.73 Å². The second kappa shape index (κ2) is 8.80. The van der Waals surface area contributed by atoms with Crippen LogP contribution in [-0.4, -0.2) is 34.8 Å². The quantitative estimate of drug-likeness (QED) is 0.665. The van der Waals surface area contributed by atoms with Crippen LogP contribution in [0.5, 0.6) is 0 Å². The molecular weight excluding hydrogens is 370 g/mol. The largest absolute Gasteiger partial charge is 0.368 e. The van der Waals surface area contributed by atoms with Crippen LogP contribution < -0.4 is 5.73 Å². The molecule has 0 radical (unpaired) electrons. The SMILES string of the molecule is Cc1nc(C(=O)N(C)[C@H](CCc2ccccc2)C(N)=O)c(-c2ccccc2)s1. The third-order valence-corrected chi connectivity index (χ3v) is 5.66. The monoisotopic (exact) mass is 393 g/mol. The van der Waals surface area contributed by atoms with Gasteiger partial charge in [-0.1, -0.05) is 60.7 Å². The molecule has 2 aromatic carbocycles. The number of carbonyl (C=O) groups excluding carboxylic acids is 2. The van der Waals surface area contributed by atoms with Gasteiger partial charge in [-0.25, -0.2) is 4.98 Å². The molecule has 1 atom stereocenters. The standard InChI is InChI=1S/C22H23N3O2S/c1-15-24-19(20(28-15)17-11-7-4-8-12-17)22(27)25(2)18(21(23)26)14-13-16-9-5-3-6-10-16/h3-12,18H,13-14H2,1-2H3,(H2,23,26)/t18-/m1/s1. The van der Waals surface area contributed by atoms with Crippen LogP contribution in [0.25, 0.3) is 10.4 Å². The topological polar surface area (TPSA) is 76.3 Å². The zero-order chi connectivity index (χ0) is 20.1. The summed E-state index contributed by atoms with van der Waals surface area (Å²) >= 11 is 1.47. The number of aromatic nitrogens is 1. The van der Waals surface area contributed by atoms with Crippen LogP contribution >= 0.6 is 11.3 Å². The van der Waals surface area contributed by atoms with Crippen molar-refractivity contribution in [2.45, 2.75) is 25.8 Å². The molecule has 1 heterocycles. The molecule has 0 bridgehead atoms. The van der Waals surface area contributed by atoms with Gasteiger partial charge in [-0.15, -0.1) is 11.3 Å². The fourth-order valence-corrected chi connectivity index (χ4v) is 4.06. The Balaban J connectivity index is 1.83. The molecule has 0 fully saturated rings. The van der Waals surface area contributed by atoms with Gasteiger partial charge < -0.3 is 10.6 Å². The molecule has 0 aliphatic heterocycles. The summed E-state index contributed by atoms with van der Waals surface area (Å²) in [6, 6.07) is 18.8. The van der Waals surface area contributed by atoms with Crippen LogP contribution in [0.15, 0.2) is 60.7 Å². The number of rotatable bonds is 7. The van der Waals surface area contributed by atoms with Gasteiger partial charge in [0.1, 0.15) is 11.7 Å². The number of likely N-dealkylation sites (N-methyl/N-ethyl adjacent to an activating group) is 1. The molecule has 0 saturated heterocycles. The van der Waals surface area contributed by atoms with Crippen molar-refractivity contribution in [1.82, 2.24) is 9.88 Å². The lowest BCUT2D eigenvalue weighted by molar-refractivity contribution is -0.122. The van der Waals surface area contributed by atoms with E-state index in [9.17, 15) is 9.59 Å². The van der Waals surface area contributed by atoms with Crippen LogP contribution in [-0.2, 0) is 11.2 Å². The van der Waals surface area contributed by atoms with Crippen molar-refractivity contribution in [1.29, 1.82) is 0 Å². The lowest BCUT2D eigenvalue weighted by Crippen LogP contribution is -2.46. The minimum atomic E-state index is -0.696. The Labute approximate surface area is 168 Å². The van der Waals surface area contributed by atoms with Gasteiger partial charge in [0.15, 0.2) is 0 Å². The highest BCUT2D eigenvalue weighted by Crippen LogP contribution is 2.31. The van der Waals surface area contributed by atoms with E-state index in [0.717, 1.165) is 21.0 Å². The van der Waals surface area contributed by atoms with Crippen molar-refractivity contribution in [3.05, 3.63) is 76.9 Å². The fourth-order valence-electron chi connectivity index (χ4n) is 3.14. The number of aryl methyl sites for hydroxylation is 2. The summed E-state index contributed by atoms with van der Waals surface area (Å²) in [7, 11) is 1.62. The van der Waals surface area contributed by atoms with Crippen LogP contribution in [0.3, 0.4) is 0 Å². The van der Waals surface area contributed by atoms with Crippen molar-refractivity contribution in [3.63, 3.8) is 0 Å². The summed E-state index contributed by atoms with van der Waals surface area (Å²) in [5.74, 6) is -0.806. The summed E-state index contributed by atoms with van der Waals surface area (Å²) in [5, 5.41) is 0.801. The normalized spacial score (nSPS) is 11.8. The van der Waals surface area contributed by atoms with Crippen LogP contribution in [0.1, 0.15) is 27.5 Å². The van der Waals surface area contributed by atoms with Crippen LogP contribution in [0.4, 0.5) is 0 Å². The summed E-state index contributed by atoms with van der Waals surface area (Å²) in [5.41, 5.74) is 8.02. The number of nitrogens with zero attached hydrogens (tertiary/aromatic N) is 2. The maximum absolute atomic E-state index is 13.2. The molecule has 0 aliphatic rings. The number of hydrogen-bond donors (Lipinski definition) is 1. The van der Waals surface area contributed by atoms with Gasteiger partial charge in [0.05, 0.1) is 9.88 Å². The predicted octanol–water partition coefficient (Wildman–Crippen LogP) is 3.68. The van der Waals surface area contributed by atoms with Gasteiger partial charge in [-0.3, -0.25) is 9.59 Å². The highest BCUT2D eigenvalue weighted by Gasteiger charge is 2.29. The highest BCUT2D eigenvalue weighted by molar-refractivity contribution is 7.15. The van der Waals surface area contributed by atoms with Gasteiger partial charge in [0, 0.05) is 7.05 Å². The molecule has 2 amide bonds. The first-order chi connectivity index (χ1) is 13.5. The molecule has 3 rings (SSSR count). The van der Waals surface area contributed by atoms with E-state index in [0.29, 0.717) is 18.5 Å². The third kappa shape index (κ3) is 4.46. The summed E-state index contributed by atoms with van der Waals surface area (Å²) in [6.07, 6.45) is 1.12. The summed E-state index contributed by atoms with van der Waals surface area (Å²) < 4.78 is 0. The third-order valence-electron chi connectivity index (χ3n) is 4.64. The molecule has 5 nitrogen and oxygen atoms in total. The zero-order valence-corrected chi connectivity index (χ0v) is 16.8. The van der Waals surface area contributed by atoms with Crippen LogP contribution in [0, 0.1) is 6.92 Å². The molecule has 3 aromatic rings. The number of hydrogen-bond acceptors (Lipinski definition) is 4. The molecule has 6 heteroatoms. The Morgan fingerprint density at radius 3 is 2.29 bits per heavy atom. The van der Waals surface area contributed by atoms with E-state index < -0.39 is 11.9 Å². The minimum absolute atomic E-state index is 0.292. The van der Waals surface area contributed by atoms with Gasteiger partial charge in [-0.2, -0.15) is 0 Å². The fraction of sp³-hybridized carbons (Fsp3) is 0.227. The molecule has 28 heavy (non-hydrogen) atoms. The number of amides is 2. The van der Waals surface area contributed by atoms with Crippen molar-refractivity contribution < 1.29 is 9.59 Å². The zero-order valence-electron chi connectivity index (χ0n) is 16.0. The van der Waals surface area contributed by atoms with E-state index >= 15 is 0 Å². The number of thiazole rings is 1. The predicted molar refractivity (Wildman–Crippen MR) is 112 cm³/mol. The lowest BCUT2D eigenvalue weighted by atomic mass is 10.0.